The summed E-state index contributed by atoms with van der Waals surface area (Å²) in [5, 5.41) is 3.23. The second kappa shape index (κ2) is 7.18. The Hall–Kier alpha value is -0.800. The highest BCUT2D eigenvalue weighted by Gasteiger charge is 2.34. The Kier molecular flexibility index (Phi) is 5.73. The first-order valence-corrected chi connectivity index (χ1v) is 9.25. The zero-order valence-corrected chi connectivity index (χ0v) is 14.7. The molecule has 0 spiro atoms. The van der Waals surface area contributed by atoms with Crippen molar-refractivity contribution in [3.8, 4) is 0 Å². The Labute approximate surface area is 140 Å². The number of hydrogen-bond donors (Lipinski definition) is 1. The summed E-state index contributed by atoms with van der Waals surface area (Å²) in [5.41, 5.74) is 1.12. The minimum atomic E-state index is -3.55. The van der Waals surface area contributed by atoms with Crippen LogP contribution < -0.4 is 5.32 Å². The number of benzene rings is 1. The Morgan fingerprint density at radius 3 is 2.91 bits per heavy atom. The number of aromatic nitrogens is 2. The second-order valence-electron chi connectivity index (χ2n) is 5.15. The highest BCUT2D eigenvalue weighted by molar-refractivity contribution is 7.89. The van der Waals surface area contributed by atoms with Crippen LogP contribution in [0.1, 0.15) is 19.8 Å². The van der Waals surface area contributed by atoms with Gasteiger partial charge in [0.2, 0.25) is 10.0 Å². The quantitative estimate of drug-likeness (QED) is 0.878. The largest absolute Gasteiger partial charge is 0.315 e. The maximum Gasteiger partial charge on any atom is 0.245 e. The summed E-state index contributed by atoms with van der Waals surface area (Å²) >= 11 is 1.05. The molecule has 1 aliphatic rings. The average Bonchev–Trinajstić information content (AvgIpc) is 3.14. The third-order valence-electron chi connectivity index (χ3n) is 3.72. The van der Waals surface area contributed by atoms with E-state index in [-0.39, 0.29) is 23.3 Å². The molecule has 1 aliphatic heterocycles. The first-order chi connectivity index (χ1) is 10.1. The summed E-state index contributed by atoms with van der Waals surface area (Å²) in [6.45, 7) is 4.10. The van der Waals surface area contributed by atoms with E-state index in [1.165, 1.54) is 0 Å². The highest BCUT2D eigenvalue weighted by atomic mass is 35.5. The molecule has 0 saturated carbocycles. The summed E-state index contributed by atoms with van der Waals surface area (Å²) in [6.07, 6.45) is 1.64. The molecular formula is C13H19ClN4O2S2. The van der Waals surface area contributed by atoms with Crippen LogP contribution in [0.3, 0.4) is 0 Å². The number of sulfonamides is 1. The molecule has 22 heavy (non-hydrogen) atoms. The highest BCUT2D eigenvalue weighted by Crippen LogP contribution is 2.27. The molecule has 0 bridgehead atoms. The molecule has 0 radical (unpaired) electrons. The van der Waals surface area contributed by atoms with Crippen LogP contribution in [0.25, 0.3) is 11.0 Å². The van der Waals surface area contributed by atoms with Crippen molar-refractivity contribution in [1.29, 1.82) is 0 Å². The van der Waals surface area contributed by atoms with E-state index in [2.05, 4.69) is 14.1 Å². The molecular weight excluding hydrogens is 344 g/mol. The lowest BCUT2D eigenvalue weighted by Crippen LogP contribution is -2.42. The zero-order valence-electron chi connectivity index (χ0n) is 12.2. The van der Waals surface area contributed by atoms with Gasteiger partial charge in [-0.05, 0) is 31.5 Å². The van der Waals surface area contributed by atoms with E-state index in [0.717, 1.165) is 31.1 Å². The van der Waals surface area contributed by atoms with E-state index in [4.69, 9.17) is 0 Å². The molecule has 1 saturated heterocycles. The summed E-state index contributed by atoms with van der Waals surface area (Å²) in [4.78, 5) is 0.272. The van der Waals surface area contributed by atoms with E-state index < -0.39 is 10.0 Å². The van der Waals surface area contributed by atoms with Crippen molar-refractivity contribution in [3.63, 3.8) is 0 Å². The van der Waals surface area contributed by atoms with Crippen molar-refractivity contribution in [2.75, 3.05) is 19.6 Å². The zero-order chi connectivity index (χ0) is 14.9. The third-order valence-corrected chi connectivity index (χ3v) is 6.25. The molecule has 1 unspecified atom stereocenters. The molecule has 9 heteroatoms. The molecule has 1 aromatic carbocycles. The van der Waals surface area contributed by atoms with Gasteiger partial charge in [0.05, 0.1) is 11.7 Å². The maximum atomic E-state index is 13.1. The van der Waals surface area contributed by atoms with Crippen molar-refractivity contribution < 1.29 is 8.42 Å². The van der Waals surface area contributed by atoms with Crippen molar-refractivity contribution in [1.82, 2.24) is 18.4 Å². The van der Waals surface area contributed by atoms with Gasteiger partial charge >= 0.3 is 0 Å². The van der Waals surface area contributed by atoms with Crippen molar-refractivity contribution in [2.45, 2.75) is 30.7 Å². The lowest BCUT2D eigenvalue weighted by molar-refractivity contribution is 0.335. The molecule has 3 rings (SSSR count). The van der Waals surface area contributed by atoms with Crippen molar-refractivity contribution >= 4 is 45.2 Å². The average molecular weight is 363 g/mol. The molecule has 2 heterocycles. The van der Waals surface area contributed by atoms with E-state index in [1.54, 1.807) is 22.5 Å². The monoisotopic (exact) mass is 362 g/mol. The van der Waals surface area contributed by atoms with Gasteiger partial charge in [-0.2, -0.15) is 13.1 Å². The molecule has 0 amide bonds. The first kappa shape index (κ1) is 17.6. The number of fused-ring (bicyclic) bond motifs is 1. The van der Waals surface area contributed by atoms with Crippen molar-refractivity contribution in [3.05, 3.63) is 18.2 Å². The molecule has 1 fully saturated rings. The predicted octanol–water partition coefficient (Wildman–Crippen LogP) is 1.88. The van der Waals surface area contributed by atoms with Gasteiger partial charge in [-0.3, -0.25) is 0 Å². The lowest BCUT2D eigenvalue weighted by atomic mass is 10.2. The summed E-state index contributed by atoms with van der Waals surface area (Å²) in [5.74, 6) is 0. The van der Waals surface area contributed by atoms with Crippen LogP contribution >= 0.6 is 24.1 Å². The van der Waals surface area contributed by atoms with Gasteiger partial charge in [-0.15, -0.1) is 12.4 Å². The fraction of sp³-hybridized carbons (Fsp3) is 0.538. The summed E-state index contributed by atoms with van der Waals surface area (Å²) < 4.78 is 36.0. The molecule has 1 N–H and O–H groups in total. The molecule has 6 nitrogen and oxygen atoms in total. The third kappa shape index (κ3) is 3.11. The van der Waals surface area contributed by atoms with E-state index in [0.29, 0.717) is 24.1 Å². The Balaban J connectivity index is 0.00000176. The minimum absolute atomic E-state index is 0. The number of halogens is 1. The number of rotatable bonds is 5. The van der Waals surface area contributed by atoms with Crippen LogP contribution in [0, 0.1) is 0 Å². The van der Waals surface area contributed by atoms with Crippen molar-refractivity contribution in [2.24, 2.45) is 0 Å². The van der Waals surface area contributed by atoms with Gasteiger partial charge in [0.1, 0.15) is 15.9 Å². The van der Waals surface area contributed by atoms with Crippen LogP contribution in [0.5, 0.6) is 0 Å². The molecule has 2 aromatic rings. The van der Waals surface area contributed by atoms with Crippen LogP contribution in [-0.4, -0.2) is 47.1 Å². The van der Waals surface area contributed by atoms with Crippen LogP contribution in [0.2, 0.25) is 0 Å². The fourth-order valence-electron chi connectivity index (χ4n) is 2.72. The number of hydrogen-bond acceptors (Lipinski definition) is 6. The van der Waals surface area contributed by atoms with Gasteiger partial charge < -0.3 is 5.32 Å². The van der Waals surface area contributed by atoms with E-state index in [9.17, 15) is 8.42 Å². The van der Waals surface area contributed by atoms with Crippen LogP contribution in [0.15, 0.2) is 23.1 Å². The van der Waals surface area contributed by atoms with E-state index in [1.807, 2.05) is 6.92 Å². The molecule has 0 aliphatic carbocycles. The van der Waals surface area contributed by atoms with Gasteiger partial charge in [0.15, 0.2) is 0 Å². The normalized spacial score (nSPS) is 18.7. The van der Waals surface area contributed by atoms with Gasteiger partial charge in [-0.25, -0.2) is 8.42 Å². The smallest absolute Gasteiger partial charge is 0.245 e. The SMILES string of the molecule is CCCN(C1CCNC1)S(=O)(=O)c1cccc2nsnc12.Cl. The molecule has 1 aromatic heterocycles. The topological polar surface area (TPSA) is 75.2 Å². The lowest BCUT2D eigenvalue weighted by Gasteiger charge is -2.27. The predicted molar refractivity (Wildman–Crippen MR) is 90.1 cm³/mol. The van der Waals surface area contributed by atoms with Gasteiger partial charge in [0, 0.05) is 19.1 Å². The van der Waals surface area contributed by atoms with Crippen LogP contribution in [0.4, 0.5) is 0 Å². The second-order valence-corrected chi connectivity index (χ2v) is 7.54. The standard InChI is InChI=1S/C13H18N4O2S2.ClH/c1-2-8-17(10-6-7-14-9-10)21(18,19)12-5-3-4-11-13(12)16-20-15-11;/h3-5,10,14H,2,6-9H2,1H3;1H. The van der Waals surface area contributed by atoms with E-state index >= 15 is 0 Å². The Morgan fingerprint density at radius 1 is 1.41 bits per heavy atom. The van der Waals surface area contributed by atoms with Gasteiger partial charge in [0.25, 0.3) is 0 Å². The molecule has 1 atom stereocenters. The fourth-order valence-corrected chi connectivity index (χ4v) is 5.22. The number of nitrogens with zero attached hydrogens (tertiary/aromatic N) is 3. The first-order valence-electron chi connectivity index (χ1n) is 7.08. The molecule has 122 valence electrons. The summed E-state index contributed by atoms with van der Waals surface area (Å²) in [7, 11) is -3.55. The number of nitrogens with one attached hydrogen (secondary N) is 1. The Bertz CT molecular complexity index is 728. The summed E-state index contributed by atoms with van der Waals surface area (Å²) in [6, 6.07) is 5.17. The Morgan fingerprint density at radius 2 is 2.23 bits per heavy atom. The van der Waals surface area contributed by atoms with Gasteiger partial charge in [-0.1, -0.05) is 13.0 Å². The maximum absolute atomic E-state index is 13.1. The minimum Gasteiger partial charge on any atom is -0.315 e. The van der Waals surface area contributed by atoms with Crippen LogP contribution in [-0.2, 0) is 10.0 Å².